The Morgan fingerprint density at radius 2 is 1.28 bits per heavy atom. The standard InChI is InChI=1S/C25H27F2NO/c1-18(2)29-24-13-7-21(8-14-24)25(20-5-11-23(27)12-6-20)15-16-28-17-19-3-9-22(26)10-4-19/h3-14,18,25,28H,15-17H2,1-2H3/p+1/t25-/m0/s1. The van der Waals surface area contributed by atoms with Crippen LogP contribution >= 0.6 is 0 Å². The summed E-state index contributed by atoms with van der Waals surface area (Å²) in [6, 6.07) is 21.5. The summed E-state index contributed by atoms with van der Waals surface area (Å²) in [7, 11) is 0. The minimum absolute atomic E-state index is 0.134. The van der Waals surface area contributed by atoms with Gasteiger partial charge >= 0.3 is 0 Å². The highest BCUT2D eigenvalue weighted by atomic mass is 19.1. The molecule has 2 N–H and O–H groups in total. The Bertz CT molecular complexity index is 874. The van der Waals surface area contributed by atoms with Crippen molar-refractivity contribution >= 4 is 0 Å². The summed E-state index contributed by atoms with van der Waals surface area (Å²) >= 11 is 0. The van der Waals surface area contributed by atoms with Crippen molar-refractivity contribution < 1.29 is 18.8 Å². The third-order valence-electron chi connectivity index (χ3n) is 4.88. The second-order valence-corrected chi connectivity index (χ2v) is 7.54. The number of ether oxygens (including phenoxy) is 1. The lowest BCUT2D eigenvalue weighted by Crippen LogP contribution is -2.82. The third kappa shape index (κ3) is 6.40. The van der Waals surface area contributed by atoms with Gasteiger partial charge in [0.2, 0.25) is 0 Å². The van der Waals surface area contributed by atoms with Gasteiger partial charge in [-0.3, -0.25) is 0 Å². The lowest BCUT2D eigenvalue weighted by molar-refractivity contribution is -0.671. The van der Waals surface area contributed by atoms with Crippen LogP contribution in [0, 0.1) is 11.6 Å². The molecule has 29 heavy (non-hydrogen) atoms. The molecule has 0 radical (unpaired) electrons. The Labute approximate surface area is 171 Å². The van der Waals surface area contributed by atoms with Gasteiger partial charge in [-0.1, -0.05) is 36.4 Å². The average molecular weight is 397 g/mol. The average Bonchev–Trinajstić information content (AvgIpc) is 2.71. The molecule has 3 rings (SSSR count). The molecule has 1 atom stereocenters. The van der Waals surface area contributed by atoms with Crippen molar-refractivity contribution in [1.82, 2.24) is 0 Å². The molecule has 0 fully saturated rings. The second-order valence-electron chi connectivity index (χ2n) is 7.54. The fraction of sp³-hybridized carbons (Fsp3) is 0.280. The molecule has 0 heterocycles. The molecular formula is C25H28F2NO+. The van der Waals surface area contributed by atoms with E-state index in [1.807, 2.05) is 50.2 Å². The van der Waals surface area contributed by atoms with E-state index in [0.29, 0.717) is 0 Å². The molecule has 4 heteroatoms. The lowest BCUT2D eigenvalue weighted by atomic mass is 9.88. The molecule has 152 valence electrons. The van der Waals surface area contributed by atoms with Crippen LogP contribution < -0.4 is 10.1 Å². The molecule has 0 bridgehead atoms. The molecule has 2 nitrogen and oxygen atoms in total. The highest BCUT2D eigenvalue weighted by Gasteiger charge is 2.16. The van der Waals surface area contributed by atoms with Crippen molar-refractivity contribution in [3.8, 4) is 5.75 Å². The predicted molar refractivity (Wildman–Crippen MR) is 112 cm³/mol. The van der Waals surface area contributed by atoms with Gasteiger partial charge in [0.1, 0.15) is 23.9 Å². The molecule has 0 aromatic heterocycles. The van der Waals surface area contributed by atoms with E-state index < -0.39 is 0 Å². The van der Waals surface area contributed by atoms with E-state index in [-0.39, 0.29) is 23.7 Å². The van der Waals surface area contributed by atoms with Crippen LogP contribution in [0.4, 0.5) is 8.78 Å². The minimum atomic E-state index is -0.226. The summed E-state index contributed by atoms with van der Waals surface area (Å²) in [6.45, 7) is 5.72. The summed E-state index contributed by atoms with van der Waals surface area (Å²) in [5.41, 5.74) is 3.38. The van der Waals surface area contributed by atoms with Crippen LogP contribution in [0.1, 0.15) is 42.9 Å². The highest BCUT2D eigenvalue weighted by molar-refractivity contribution is 5.36. The Hall–Kier alpha value is -2.72. The molecule has 0 unspecified atom stereocenters. The molecule has 0 aliphatic carbocycles. The first-order valence-electron chi connectivity index (χ1n) is 10.1. The summed E-state index contributed by atoms with van der Waals surface area (Å²) in [4.78, 5) is 0. The van der Waals surface area contributed by atoms with E-state index in [2.05, 4.69) is 17.4 Å². The van der Waals surface area contributed by atoms with Crippen LogP contribution in [-0.4, -0.2) is 12.6 Å². The van der Waals surface area contributed by atoms with E-state index >= 15 is 0 Å². The van der Waals surface area contributed by atoms with Crippen LogP contribution in [0.15, 0.2) is 72.8 Å². The Morgan fingerprint density at radius 3 is 1.83 bits per heavy atom. The van der Waals surface area contributed by atoms with Crippen molar-refractivity contribution in [2.45, 2.75) is 38.8 Å². The molecule has 0 saturated carbocycles. The fourth-order valence-corrected chi connectivity index (χ4v) is 3.45. The molecule has 0 amide bonds. The van der Waals surface area contributed by atoms with Gasteiger partial charge < -0.3 is 10.1 Å². The maximum absolute atomic E-state index is 13.4. The molecular weight excluding hydrogens is 368 g/mol. The van der Waals surface area contributed by atoms with E-state index in [4.69, 9.17) is 4.74 Å². The third-order valence-corrected chi connectivity index (χ3v) is 4.88. The van der Waals surface area contributed by atoms with E-state index in [1.165, 1.54) is 29.8 Å². The molecule has 3 aromatic carbocycles. The maximum Gasteiger partial charge on any atom is 0.123 e. The minimum Gasteiger partial charge on any atom is -0.491 e. The smallest absolute Gasteiger partial charge is 0.123 e. The van der Waals surface area contributed by atoms with Gasteiger partial charge in [0.25, 0.3) is 0 Å². The van der Waals surface area contributed by atoms with Crippen molar-refractivity contribution in [2.24, 2.45) is 0 Å². The monoisotopic (exact) mass is 396 g/mol. The van der Waals surface area contributed by atoms with Gasteiger partial charge in [-0.25, -0.2) is 8.78 Å². The zero-order chi connectivity index (χ0) is 20.6. The normalized spacial score (nSPS) is 12.2. The number of quaternary nitrogens is 1. The Morgan fingerprint density at radius 1 is 0.759 bits per heavy atom. The van der Waals surface area contributed by atoms with E-state index in [9.17, 15) is 8.78 Å². The number of hydrogen-bond donors (Lipinski definition) is 1. The number of nitrogens with two attached hydrogens (primary N) is 1. The molecule has 0 aliphatic rings. The lowest BCUT2D eigenvalue weighted by Gasteiger charge is -2.18. The maximum atomic E-state index is 13.4. The van der Waals surface area contributed by atoms with Crippen molar-refractivity contribution in [1.29, 1.82) is 0 Å². The Kier molecular flexibility index (Phi) is 7.36. The largest absolute Gasteiger partial charge is 0.491 e. The first-order valence-corrected chi connectivity index (χ1v) is 10.1. The van der Waals surface area contributed by atoms with E-state index in [0.717, 1.165) is 36.4 Å². The van der Waals surface area contributed by atoms with Crippen molar-refractivity contribution in [2.75, 3.05) is 6.54 Å². The molecule has 0 saturated heterocycles. The van der Waals surface area contributed by atoms with E-state index in [1.54, 1.807) is 0 Å². The fourth-order valence-electron chi connectivity index (χ4n) is 3.45. The van der Waals surface area contributed by atoms with Crippen LogP contribution in [-0.2, 0) is 6.54 Å². The quantitative estimate of drug-likeness (QED) is 0.504. The van der Waals surface area contributed by atoms with Gasteiger partial charge in [-0.2, -0.15) is 0 Å². The van der Waals surface area contributed by atoms with Gasteiger partial charge in [-0.05, 0) is 61.4 Å². The number of rotatable bonds is 9. The van der Waals surface area contributed by atoms with Gasteiger partial charge in [0.15, 0.2) is 0 Å². The van der Waals surface area contributed by atoms with Crippen molar-refractivity contribution in [3.05, 3.63) is 101 Å². The first-order chi connectivity index (χ1) is 14.0. The zero-order valence-corrected chi connectivity index (χ0v) is 16.9. The SMILES string of the molecule is CC(C)Oc1ccc([C@@H](CC[NH2+]Cc2ccc(F)cc2)c2ccc(F)cc2)cc1. The zero-order valence-electron chi connectivity index (χ0n) is 16.9. The highest BCUT2D eigenvalue weighted by Crippen LogP contribution is 2.29. The van der Waals surface area contributed by atoms with Gasteiger partial charge in [0.05, 0.1) is 12.6 Å². The molecule has 0 aliphatic heterocycles. The van der Waals surface area contributed by atoms with Crippen LogP contribution in [0.3, 0.4) is 0 Å². The van der Waals surface area contributed by atoms with Crippen LogP contribution in [0.25, 0.3) is 0 Å². The molecule has 3 aromatic rings. The predicted octanol–water partition coefficient (Wildman–Crippen LogP) is 5.04. The topological polar surface area (TPSA) is 25.8 Å². The summed E-state index contributed by atoms with van der Waals surface area (Å²) in [6.07, 6.45) is 1.05. The summed E-state index contributed by atoms with van der Waals surface area (Å²) in [5, 5.41) is 2.22. The number of halogens is 2. The van der Waals surface area contributed by atoms with Gasteiger partial charge in [0, 0.05) is 17.9 Å². The van der Waals surface area contributed by atoms with Crippen LogP contribution in [0.5, 0.6) is 5.75 Å². The number of benzene rings is 3. The molecule has 0 spiro atoms. The summed E-state index contributed by atoms with van der Waals surface area (Å²) in [5.74, 6) is 0.587. The second kappa shape index (κ2) is 10.2. The van der Waals surface area contributed by atoms with Crippen molar-refractivity contribution in [3.63, 3.8) is 0 Å². The Balaban J connectivity index is 1.67. The summed E-state index contributed by atoms with van der Waals surface area (Å²) < 4.78 is 32.2. The van der Waals surface area contributed by atoms with Crippen LogP contribution in [0.2, 0.25) is 0 Å². The first kappa shape index (κ1) is 21.0. The number of hydrogen-bond acceptors (Lipinski definition) is 1. The van der Waals surface area contributed by atoms with Gasteiger partial charge in [-0.15, -0.1) is 0 Å².